The maximum atomic E-state index is 7.07. The van der Waals surface area contributed by atoms with Crippen LogP contribution in [0.25, 0.3) is 83.1 Å². The van der Waals surface area contributed by atoms with Gasteiger partial charge in [-0.05, 0) is 51.6 Å². The molecule has 0 aliphatic carbocycles. The van der Waals surface area contributed by atoms with Crippen LogP contribution in [0.15, 0.2) is 114 Å². The van der Waals surface area contributed by atoms with Gasteiger partial charge < -0.3 is 8.98 Å². The van der Waals surface area contributed by atoms with Crippen molar-refractivity contribution >= 4 is 43.7 Å². The summed E-state index contributed by atoms with van der Waals surface area (Å²) in [6.45, 7) is 17.7. The highest BCUT2D eigenvalue weighted by molar-refractivity contribution is 6.17. The minimum Gasteiger partial charge on any atom is -0.455 e. The van der Waals surface area contributed by atoms with Gasteiger partial charge in [0.15, 0.2) is 5.82 Å². The van der Waals surface area contributed by atoms with Gasteiger partial charge in [-0.3, -0.25) is 0 Å². The Morgan fingerprint density at radius 2 is 1.00 bits per heavy atom. The largest absolute Gasteiger partial charge is 0.455 e. The van der Waals surface area contributed by atoms with Gasteiger partial charge in [-0.2, -0.15) is 0 Å². The molecule has 0 radical (unpaired) electrons. The molecule has 0 saturated heterocycles. The third-order valence-electron chi connectivity index (χ3n) is 12.4. The van der Waals surface area contributed by atoms with Crippen LogP contribution in [0.1, 0.15) is 101 Å². The number of fused-ring (bicyclic) bond motifs is 4. The Labute approximate surface area is 327 Å². The zero-order valence-electron chi connectivity index (χ0n) is 33.2. The molecule has 2 unspecified atom stereocenters. The topological polar surface area (TPSA) is 56.7 Å². The van der Waals surface area contributed by atoms with Crippen LogP contribution < -0.4 is 0 Å². The number of hydrogen-bond acceptors (Lipinski definition) is 4. The summed E-state index contributed by atoms with van der Waals surface area (Å²) in [6, 6.07) is 40.3. The first-order valence-corrected chi connectivity index (χ1v) is 19.9. The molecule has 0 bridgehead atoms. The third kappa shape index (κ3) is 4.57. The molecule has 2 aliphatic heterocycles. The number of hydrogen-bond donors (Lipinski definition) is 0. The highest BCUT2D eigenvalue weighted by Crippen LogP contribution is 2.53. The molecule has 11 rings (SSSR count). The SMILES string of the molecule is CC1c2cccc3c2-n2c4c1cccc4c1cc(-c4cccc5c4oc4c(-c6cccc(-c7nc(C(C)(C)C)nc(C(C)(C)C)n7)c6)cccc45)cc(c12)C3C. The van der Waals surface area contributed by atoms with E-state index < -0.39 is 0 Å². The van der Waals surface area contributed by atoms with Crippen molar-refractivity contribution < 1.29 is 4.42 Å². The Morgan fingerprint density at radius 1 is 0.482 bits per heavy atom. The van der Waals surface area contributed by atoms with Crippen molar-refractivity contribution in [3.8, 4) is 39.3 Å². The zero-order chi connectivity index (χ0) is 38.4. The molecule has 56 heavy (non-hydrogen) atoms. The van der Waals surface area contributed by atoms with Gasteiger partial charge in [0.1, 0.15) is 22.8 Å². The molecule has 2 atom stereocenters. The highest BCUT2D eigenvalue weighted by Gasteiger charge is 2.35. The summed E-state index contributed by atoms with van der Waals surface area (Å²) in [6.07, 6.45) is 0. The predicted octanol–water partition coefficient (Wildman–Crippen LogP) is 13.4. The maximum Gasteiger partial charge on any atom is 0.163 e. The lowest BCUT2D eigenvalue weighted by molar-refractivity contribution is 0.497. The summed E-state index contributed by atoms with van der Waals surface area (Å²) in [5.74, 6) is 2.90. The molecule has 9 aromatic rings. The van der Waals surface area contributed by atoms with Crippen molar-refractivity contribution in [2.75, 3.05) is 0 Å². The molecule has 3 aromatic heterocycles. The lowest BCUT2D eigenvalue weighted by Gasteiger charge is -2.33. The molecule has 0 N–H and O–H groups in total. The number of nitrogens with zero attached hydrogens (tertiary/aromatic N) is 4. The van der Waals surface area contributed by atoms with E-state index in [1.165, 1.54) is 55.3 Å². The summed E-state index contributed by atoms with van der Waals surface area (Å²) in [7, 11) is 0. The van der Waals surface area contributed by atoms with Gasteiger partial charge in [-0.1, -0.05) is 146 Å². The molecule has 2 aliphatic rings. The van der Waals surface area contributed by atoms with E-state index in [9.17, 15) is 0 Å². The first kappa shape index (κ1) is 33.3. The fraction of sp³-hybridized carbons (Fsp3) is 0.235. The fourth-order valence-corrected chi connectivity index (χ4v) is 9.46. The molecule has 274 valence electrons. The van der Waals surface area contributed by atoms with Crippen LogP contribution in [0.2, 0.25) is 0 Å². The van der Waals surface area contributed by atoms with E-state index in [4.69, 9.17) is 19.4 Å². The van der Waals surface area contributed by atoms with Crippen molar-refractivity contribution in [3.63, 3.8) is 0 Å². The van der Waals surface area contributed by atoms with E-state index in [2.05, 4.69) is 169 Å². The molecule has 0 fully saturated rings. The molecule has 0 spiro atoms. The van der Waals surface area contributed by atoms with Crippen LogP contribution in [0, 0.1) is 0 Å². The van der Waals surface area contributed by atoms with Crippen LogP contribution in [0.3, 0.4) is 0 Å². The second-order valence-corrected chi connectivity index (χ2v) is 18.1. The Bertz CT molecular complexity index is 3110. The summed E-state index contributed by atoms with van der Waals surface area (Å²) >= 11 is 0. The Hall–Kier alpha value is -6.07. The van der Waals surface area contributed by atoms with E-state index in [-0.39, 0.29) is 16.7 Å². The maximum absolute atomic E-state index is 7.07. The first-order chi connectivity index (χ1) is 26.9. The van der Waals surface area contributed by atoms with Crippen molar-refractivity contribution in [1.82, 2.24) is 19.5 Å². The van der Waals surface area contributed by atoms with Gasteiger partial charge in [-0.25, -0.2) is 15.0 Å². The first-order valence-electron chi connectivity index (χ1n) is 19.9. The average molecular weight is 729 g/mol. The van der Waals surface area contributed by atoms with Crippen molar-refractivity contribution in [2.45, 2.75) is 78.1 Å². The van der Waals surface area contributed by atoms with E-state index >= 15 is 0 Å². The zero-order valence-corrected chi connectivity index (χ0v) is 33.2. The lowest BCUT2D eigenvalue weighted by atomic mass is 9.80. The Morgan fingerprint density at radius 3 is 1.66 bits per heavy atom. The monoisotopic (exact) mass is 728 g/mol. The van der Waals surface area contributed by atoms with Crippen molar-refractivity contribution in [1.29, 1.82) is 0 Å². The lowest BCUT2D eigenvalue weighted by Crippen LogP contribution is -2.24. The van der Waals surface area contributed by atoms with Crippen LogP contribution in [-0.2, 0) is 10.8 Å². The number of benzene rings is 6. The molecular weight excluding hydrogens is 685 g/mol. The Kier molecular flexibility index (Phi) is 6.69. The van der Waals surface area contributed by atoms with Crippen LogP contribution in [0.5, 0.6) is 0 Å². The minimum atomic E-state index is -0.214. The van der Waals surface area contributed by atoms with Crippen LogP contribution in [0.4, 0.5) is 0 Å². The second-order valence-electron chi connectivity index (χ2n) is 18.1. The number of para-hydroxylation sites is 4. The van der Waals surface area contributed by atoms with E-state index in [1.54, 1.807) is 0 Å². The summed E-state index contributed by atoms with van der Waals surface area (Å²) < 4.78 is 9.65. The van der Waals surface area contributed by atoms with Gasteiger partial charge >= 0.3 is 0 Å². The van der Waals surface area contributed by atoms with Gasteiger partial charge in [0.25, 0.3) is 0 Å². The second kappa shape index (κ2) is 11.3. The fourth-order valence-electron chi connectivity index (χ4n) is 9.46. The van der Waals surface area contributed by atoms with E-state index in [1.807, 2.05) is 0 Å². The molecule has 0 amide bonds. The highest BCUT2D eigenvalue weighted by atomic mass is 16.3. The predicted molar refractivity (Wildman–Crippen MR) is 230 cm³/mol. The van der Waals surface area contributed by atoms with Crippen molar-refractivity contribution in [3.05, 3.63) is 143 Å². The van der Waals surface area contributed by atoms with Crippen LogP contribution in [-0.4, -0.2) is 19.5 Å². The molecule has 5 heteroatoms. The van der Waals surface area contributed by atoms with Crippen molar-refractivity contribution in [2.24, 2.45) is 0 Å². The summed E-state index contributed by atoms with van der Waals surface area (Å²) in [5, 5.41) is 4.85. The minimum absolute atomic E-state index is 0.214. The molecule has 0 saturated carbocycles. The molecule has 5 heterocycles. The Balaban J connectivity index is 1.10. The molecule has 6 aromatic carbocycles. The smallest absolute Gasteiger partial charge is 0.163 e. The van der Waals surface area contributed by atoms with Crippen LogP contribution >= 0.6 is 0 Å². The number of aromatic nitrogens is 4. The van der Waals surface area contributed by atoms with Gasteiger partial charge in [0.2, 0.25) is 0 Å². The summed E-state index contributed by atoms with van der Waals surface area (Å²) in [5.41, 5.74) is 16.4. The molecule has 5 nitrogen and oxygen atoms in total. The standard InChI is InChI=1S/C51H44N4O/c1-27-32-16-10-17-34-28(2)40-25-31(26-41-37-21-11-18-33(27)43(37)55(42(32)34)44(40)41)36-20-13-23-39-38-22-12-19-35(45(38)56-46(36)39)29-14-9-15-30(24-29)47-52-48(50(3,4)5)54-49(53-47)51(6,7)8/h9-28H,1-8H3. The van der Waals surface area contributed by atoms with Gasteiger partial charge in [0, 0.05) is 60.9 Å². The number of rotatable bonds is 3. The number of furan rings is 1. The summed E-state index contributed by atoms with van der Waals surface area (Å²) in [4.78, 5) is 14.9. The van der Waals surface area contributed by atoms with Gasteiger partial charge in [-0.15, -0.1) is 0 Å². The molecular formula is C51H44N4O. The quantitative estimate of drug-likeness (QED) is 0.182. The van der Waals surface area contributed by atoms with E-state index in [0.717, 1.165) is 55.8 Å². The van der Waals surface area contributed by atoms with Gasteiger partial charge in [0.05, 0.1) is 16.7 Å². The average Bonchev–Trinajstić information content (AvgIpc) is 3.75. The normalized spacial score (nSPS) is 16.2. The van der Waals surface area contributed by atoms with E-state index in [0.29, 0.717) is 11.7 Å². The third-order valence-corrected chi connectivity index (χ3v) is 12.4.